The van der Waals surface area contributed by atoms with Gasteiger partial charge in [0.2, 0.25) is 0 Å². The van der Waals surface area contributed by atoms with Crippen LogP contribution < -0.4 is 5.32 Å². The van der Waals surface area contributed by atoms with Gasteiger partial charge in [-0.3, -0.25) is 0 Å². The Labute approximate surface area is 118 Å². The molecule has 1 N–H and O–H groups in total. The van der Waals surface area contributed by atoms with Crippen LogP contribution in [0.3, 0.4) is 0 Å². The number of benzene rings is 1. The molecule has 0 spiro atoms. The lowest BCUT2D eigenvalue weighted by molar-refractivity contribution is 0.617. The molecule has 94 valence electrons. The van der Waals surface area contributed by atoms with Gasteiger partial charge in [-0.2, -0.15) is 0 Å². The van der Waals surface area contributed by atoms with Gasteiger partial charge in [0.05, 0.1) is 11.7 Å². The Balaban J connectivity index is 1.89. The first-order valence-electron chi connectivity index (χ1n) is 5.99. The Morgan fingerprint density at radius 2 is 2.11 bits per heavy atom. The van der Waals surface area contributed by atoms with Crippen molar-refractivity contribution in [3.8, 4) is 0 Å². The second kappa shape index (κ2) is 5.02. The lowest BCUT2D eigenvalue weighted by Gasteiger charge is -2.19. The van der Waals surface area contributed by atoms with Crippen LogP contribution >= 0.6 is 27.3 Å². The van der Waals surface area contributed by atoms with Crippen molar-refractivity contribution in [2.75, 3.05) is 5.32 Å². The van der Waals surface area contributed by atoms with Crippen molar-refractivity contribution in [3.05, 3.63) is 50.9 Å². The van der Waals surface area contributed by atoms with Gasteiger partial charge in [0.25, 0.3) is 0 Å². The Kier molecular flexibility index (Phi) is 3.39. The van der Waals surface area contributed by atoms with Gasteiger partial charge in [-0.05, 0) is 58.3 Å². The average Bonchev–Trinajstić information content (AvgIpc) is 3.04. The third kappa shape index (κ3) is 2.45. The summed E-state index contributed by atoms with van der Waals surface area (Å²) in [4.78, 5) is 1.28. The summed E-state index contributed by atoms with van der Waals surface area (Å²) in [5.41, 5.74) is 0.572. The maximum Gasteiger partial charge on any atom is 0.147 e. The molecule has 0 saturated heterocycles. The van der Waals surface area contributed by atoms with Gasteiger partial charge in [0, 0.05) is 9.35 Å². The molecule has 1 saturated carbocycles. The number of nitrogens with one attached hydrogen (secondary N) is 1. The number of halogens is 2. The number of hydrogen-bond donors (Lipinski definition) is 1. The molecule has 2 aromatic rings. The van der Waals surface area contributed by atoms with Gasteiger partial charge >= 0.3 is 0 Å². The zero-order valence-electron chi connectivity index (χ0n) is 9.70. The fourth-order valence-electron chi connectivity index (χ4n) is 2.11. The summed E-state index contributed by atoms with van der Waals surface area (Å²) in [6.07, 6.45) is 2.45. The smallest absolute Gasteiger partial charge is 0.147 e. The van der Waals surface area contributed by atoms with Crippen molar-refractivity contribution < 1.29 is 4.39 Å². The molecule has 4 heteroatoms. The van der Waals surface area contributed by atoms with Crippen molar-refractivity contribution in [3.63, 3.8) is 0 Å². The molecule has 18 heavy (non-hydrogen) atoms. The number of para-hydroxylation sites is 1. The zero-order chi connectivity index (χ0) is 12.5. The molecule has 1 nitrogen and oxygen atoms in total. The minimum absolute atomic E-state index is 0.202. The molecule has 1 aromatic heterocycles. The monoisotopic (exact) mass is 325 g/mol. The molecule has 1 atom stereocenters. The summed E-state index contributed by atoms with van der Waals surface area (Å²) in [5.74, 6) is 0.432. The second-order valence-electron chi connectivity index (χ2n) is 4.57. The van der Waals surface area contributed by atoms with Crippen LogP contribution in [-0.2, 0) is 0 Å². The molecule has 0 aliphatic heterocycles. The van der Waals surface area contributed by atoms with Gasteiger partial charge in [-0.25, -0.2) is 4.39 Å². The molecule has 1 unspecified atom stereocenters. The van der Waals surface area contributed by atoms with E-state index >= 15 is 0 Å². The van der Waals surface area contributed by atoms with E-state index in [0.29, 0.717) is 11.6 Å². The molecule has 0 amide bonds. The van der Waals surface area contributed by atoms with Crippen LogP contribution in [0.15, 0.2) is 40.2 Å². The summed E-state index contributed by atoms with van der Waals surface area (Å²) in [5, 5.41) is 5.44. The number of hydrogen-bond acceptors (Lipinski definition) is 2. The summed E-state index contributed by atoms with van der Waals surface area (Å²) in [6.45, 7) is 0. The van der Waals surface area contributed by atoms with E-state index in [1.54, 1.807) is 17.4 Å². The highest BCUT2D eigenvalue weighted by molar-refractivity contribution is 9.10. The minimum Gasteiger partial charge on any atom is -0.374 e. The Morgan fingerprint density at radius 1 is 1.28 bits per heavy atom. The summed E-state index contributed by atoms with van der Waals surface area (Å²) >= 11 is 5.14. The second-order valence-corrected chi connectivity index (χ2v) is 6.41. The van der Waals surface area contributed by atoms with Crippen molar-refractivity contribution >= 4 is 33.0 Å². The van der Waals surface area contributed by atoms with Crippen LogP contribution in [0.4, 0.5) is 10.1 Å². The van der Waals surface area contributed by atoms with Crippen LogP contribution in [-0.4, -0.2) is 0 Å². The number of thiophene rings is 1. The Morgan fingerprint density at radius 3 is 2.72 bits per heavy atom. The quantitative estimate of drug-likeness (QED) is 0.813. The standard InChI is InChI=1S/C14H13BrFNS/c15-10-3-1-4-11(16)14(10)17-13(9-6-7-9)12-5-2-8-18-12/h1-5,8-9,13,17H,6-7H2. The molecule has 1 aliphatic carbocycles. The van der Waals surface area contributed by atoms with Crippen LogP contribution in [0, 0.1) is 11.7 Å². The van der Waals surface area contributed by atoms with Gasteiger partial charge in [0.1, 0.15) is 5.82 Å². The largest absolute Gasteiger partial charge is 0.374 e. The lowest BCUT2D eigenvalue weighted by Crippen LogP contribution is -2.13. The highest BCUT2D eigenvalue weighted by Crippen LogP contribution is 2.45. The first-order chi connectivity index (χ1) is 8.75. The fraction of sp³-hybridized carbons (Fsp3) is 0.286. The van der Waals surface area contributed by atoms with E-state index in [0.717, 1.165) is 4.47 Å². The molecule has 1 aromatic carbocycles. The zero-order valence-corrected chi connectivity index (χ0v) is 12.1. The van der Waals surface area contributed by atoms with Crippen LogP contribution in [0.25, 0.3) is 0 Å². The highest BCUT2D eigenvalue weighted by atomic mass is 79.9. The van der Waals surface area contributed by atoms with Crippen molar-refractivity contribution in [2.24, 2.45) is 5.92 Å². The van der Waals surface area contributed by atoms with Gasteiger partial charge < -0.3 is 5.32 Å². The van der Waals surface area contributed by atoms with E-state index in [9.17, 15) is 4.39 Å². The van der Waals surface area contributed by atoms with E-state index in [2.05, 4.69) is 32.7 Å². The van der Waals surface area contributed by atoms with E-state index in [-0.39, 0.29) is 11.9 Å². The van der Waals surface area contributed by atoms with Crippen LogP contribution in [0.5, 0.6) is 0 Å². The van der Waals surface area contributed by atoms with Crippen LogP contribution in [0.2, 0.25) is 0 Å². The van der Waals surface area contributed by atoms with Crippen LogP contribution in [0.1, 0.15) is 23.8 Å². The van der Waals surface area contributed by atoms with Gasteiger partial charge in [-0.15, -0.1) is 11.3 Å². The van der Waals surface area contributed by atoms with Gasteiger partial charge in [-0.1, -0.05) is 12.1 Å². The van der Waals surface area contributed by atoms with Crippen molar-refractivity contribution in [2.45, 2.75) is 18.9 Å². The number of anilines is 1. The third-order valence-electron chi connectivity index (χ3n) is 3.21. The average molecular weight is 326 g/mol. The third-order valence-corrected chi connectivity index (χ3v) is 4.82. The highest BCUT2D eigenvalue weighted by Gasteiger charge is 2.33. The molecular formula is C14H13BrFNS. The molecule has 0 radical (unpaired) electrons. The number of rotatable bonds is 4. The lowest BCUT2D eigenvalue weighted by atomic mass is 10.1. The SMILES string of the molecule is Fc1cccc(Br)c1NC(c1cccs1)C1CC1. The maximum absolute atomic E-state index is 13.8. The summed E-state index contributed by atoms with van der Waals surface area (Å²) in [6, 6.07) is 9.47. The first kappa shape index (κ1) is 12.2. The molecule has 0 bridgehead atoms. The predicted molar refractivity (Wildman–Crippen MR) is 77.5 cm³/mol. The molecule has 1 aliphatic rings. The predicted octanol–water partition coefficient (Wildman–Crippen LogP) is 5.21. The van der Waals surface area contributed by atoms with Gasteiger partial charge in [0.15, 0.2) is 0 Å². The topological polar surface area (TPSA) is 12.0 Å². The summed E-state index contributed by atoms with van der Waals surface area (Å²) in [7, 11) is 0. The maximum atomic E-state index is 13.8. The fourth-order valence-corrected chi connectivity index (χ4v) is 3.44. The Bertz CT molecular complexity index is 516. The molecule has 1 fully saturated rings. The molecule has 3 rings (SSSR count). The first-order valence-corrected chi connectivity index (χ1v) is 7.67. The molecular weight excluding hydrogens is 313 g/mol. The van der Waals surface area contributed by atoms with E-state index in [1.807, 2.05) is 12.1 Å². The normalized spacial score (nSPS) is 16.6. The van der Waals surface area contributed by atoms with Crippen molar-refractivity contribution in [1.82, 2.24) is 0 Å². The van der Waals surface area contributed by atoms with E-state index < -0.39 is 0 Å². The van der Waals surface area contributed by atoms with E-state index in [1.165, 1.54) is 23.8 Å². The van der Waals surface area contributed by atoms with E-state index in [4.69, 9.17) is 0 Å². The summed E-state index contributed by atoms with van der Waals surface area (Å²) < 4.78 is 14.6. The van der Waals surface area contributed by atoms with Crippen molar-refractivity contribution in [1.29, 1.82) is 0 Å². The Hall–Kier alpha value is -0.870. The molecule has 1 heterocycles. The minimum atomic E-state index is -0.202.